The van der Waals surface area contributed by atoms with E-state index >= 15 is 0 Å². The minimum absolute atomic E-state index is 0.277. The normalized spacial score (nSPS) is 10.6. The predicted octanol–water partition coefficient (Wildman–Crippen LogP) is 4.12. The van der Waals surface area contributed by atoms with E-state index in [-0.39, 0.29) is 5.82 Å². The largest absolute Gasteiger partial charge is 0.487 e. The van der Waals surface area contributed by atoms with Gasteiger partial charge in [0.15, 0.2) is 0 Å². The van der Waals surface area contributed by atoms with Crippen molar-refractivity contribution in [2.24, 2.45) is 0 Å². The molecule has 0 bridgehead atoms. The number of halogens is 1. The van der Waals surface area contributed by atoms with E-state index in [1.54, 1.807) is 17.4 Å². The van der Waals surface area contributed by atoms with Gasteiger partial charge in [-0.3, -0.25) is 0 Å². The molecule has 2 aromatic rings. The summed E-state index contributed by atoms with van der Waals surface area (Å²) < 4.78 is 18.7. The minimum atomic E-state index is -0.277. The van der Waals surface area contributed by atoms with Crippen molar-refractivity contribution in [1.82, 2.24) is 4.98 Å². The summed E-state index contributed by atoms with van der Waals surface area (Å²) in [5.74, 6) is 0.306. The Bertz CT molecular complexity index is 524. The third-order valence-electron chi connectivity index (χ3n) is 2.59. The lowest BCUT2D eigenvalue weighted by molar-refractivity contribution is 0.298. The molecule has 0 atom stereocenters. The molecule has 0 aliphatic rings. The Hall–Kier alpha value is -1.42. The van der Waals surface area contributed by atoms with Gasteiger partial charge in [0.2, 0.25) is 0 Å². The van der Waals surface area contributed by atoms with E-state index in [0.717, 1.165) is 29.1 Å². The number of hydrogen-bond donors (Lipinski definition) is 0. The van der Waals surface area contributed by atoms with Crippen molar-refractivity contribution in [3.63, 3.8) is 0 Å². The molecule has 0 fully saturated rings. The van der Waals surface area contributed by atoms with Crippen molar-refractivity contribution in [2.75, 3.05) is 0 Å². The molecule has 0 radical (unpaired) electrons. The summed E-state index contributed by atoms with van der Waals surface area (Å²) in [6.45, 7) is 4.43. The molecule has 0 amide bonds. The van der Waals surface area contributed by atoms with E-state index in [9.17, 15) is 4.39 Å². The highest BCUT2D eigenvalue weighted by atomic mass is 32.1. The maximum absolute atomic E-state index is 13.1. The van der Waals surface area contributed by atoms with Crippen LogP contribution in [0, 0.1) is 12.7 Å². The average molecular weight is 265 g/mol. The van der Waals surface area contributed by atoms with Crippen LogP contribution in [0.25, 0.3) is 0 Å². The number of nitrogens with zero attached hydrogens (tertiary/aromatic N) is 1. The van der Waals surface area contributed by atoms with Gasteiger partial charge in [-0.15, -0.1) is 11.3 Å². The summed E-state index contributed by atoms with van der Waals surface area (Å²) in [6.07, 6.45) is 2.10. The van der Waals surface area contributed by atoms with Gasteiger partial charge in [-0.25, -0.2) is 9.37 Å². The molecule has 2 rings (SSSR count). The molecule has 0 aliphatic heterocycles. The molecule has 0 unspecified atom stereocenters. The number of aromatic nitrogens is 1. The van der Waals surface area contributed by atoms with Gasteiger partial charge in [0.25, 0.3) is 0 Å². The van der Waals surface area contributed by atoms with Gasteiger partial charge in [-0.05, 0) is 31.4 Å². The zero-order valence-corrected chi connectivity index (χ0v) is 11.4. The number of aryl methyl sites for hydroxylation is 2. The zero-order chi connectivity index (χ0) is 13.0. The Morgan fingerprint density at radius 2 is 2.22 bits per heavy atom. The number of hydrogen-bond acceptors (Lipinski definition) is 3. The van der Waals surface area contributed by atoms with E-state index in [1.807, 2.05) is 12.3 Å². The maximum atomic E-state index is 13.1. The van der Waals surface area contributed by atoms with Gasteiger partial charge in [0.1, 0.15) is 18.2 Å². The quantitative estimate of drug-likeness (QED) is 0.811. The lowest BCUT2D eigenvalue weighted by Crippen LogP contribution is -1.98. The smallest absolute Gasteiger partial charge is 0.131 e. The first kappa shape index (κ1) is 13.0. The number of thiazole rings is 1. The van der Waals surface area contributed by atoms with Gasteiger partial charge in [-0.2, -0.15) is 0 Å². The van der Waals surface area contributed by atoms with Gasteiger partial charge >= 0.3 is 0 Å². The zero-order valence-electron chi connectivity index (χ0n) is 10.6. The molecule has 96 valence electrons. The van der Waals surface area contributed by atoms with Crippen LogP contribution in [0.4, 0.5) is 4.39 Å². The van der Waals surface area contributed by atoms with Crippen molar-refractivity contribution in [1.29, 1.82) is 0 Å². The van der Waals surface area contributed by atoms with Crippen LogP contribution in [0.5, 0.6) is 5.75 Å². The van der Waals surface area contributed by atoms with E-state index < -0.39 is 0 Å². The van der Waals surface area contributed by atoms with Gasteiger partial charge in [0.05, 0.1) is 10.7 Å². The van der Waals surface area contributed by atoms with E-state index in [1.165, 1.54) is 12.1 Å². The summed E-state index contributed by atoms with van der Waals surface area (Å²) in [5.41, 5.74) is 1.84. The second-order valence-electron chi connectivity index (χ2n) is 4.18. The third-order valence-corrected chi connectivity index (χ3v) is 3.55. The first-order chi connectivity index (χ1) is 8.69. The van der Waals surface area contributed by atoms with Crippen LogP contribution in [0.1, 0.15) is 29.6 Å². The van der Waals surface area contributed by atoms with Gasteiger partial charge in [0, 0.05) is 11.4 Å². The molecule has 18 heavy (non-hydrogen) atoms. The van der Waals surface area contributed by atoms with Crippen molar-refractivity contribution in [3.8, 4) is 5.75 Å². The van der Waals surface area contributed by atoms with Crippen LogP contribution in [0.3, 0.4) is 0 Å². The van der Waals surface area contributed by atoms with Crippen LogP contribution >= 0.6 is 11.3 Å². The molecule has 4 heteroatoms. The van der Waals surface area contributed by atoms with Crippen LogP contribution in [-0.2, 0) is 13.0 Å². The molecule has 1 heterocycles. The highest BCUT2D eigenvalue weighted by Gasteiger charge is 2.05. The molecule has 1 aromatic heterocycles. The van der Waals surface area contributed by atoms with E-state index in [4.69, 9.17) is 4.74 Å². The molecular weight excluding hydrogens is 249 g/mol. The second-order valence-corrected chi connectivity index (χ2v) is 5.12. The standard InChI is InChI=1S/C14H16FNOS/c1-3-4-14-16-12(9-18-14)8-17-13-7-11(15)6-5-10(13)2/h5-7,9H,3-4,8H2,1-2H3. The van der Waals surface area contributed by atoms with Gasteiger partial charge < -0.3 is 4.74 Å². The Morgan fingerprint density at radius 3 is 3.00 bits per heavy atom. The van der Waals surface area contributed by atoms with E-state index in [2.05, 4.69) is 11.9 Å². The lowest BCUT2D eigenvalue weighted by atomic mass is 10.2. The number of benzene rings is 1. The van der Waals surface area contributed by atoms with E-state index in [0.29, 0.717) is 12.4 Å². The highest BCUT2D eigenvalue weighted by molar-refractivity contribution is 7.09. The molecule has 2 nitrogen and oxygen atoms in total. The molecule has 0 N–H and O–H groups in total. The molecule has 0 spiro atoms. The second kappa shape index (κ2) is 5.96. The SMILES string of the molecule is CCCc1nc(COc2cc(F)ccc2C)cs1. The first-order valence-electron chi connectivity index (χ1n) is 6.01. The van der Waals surface area contributed by atoms with Crippen LogP contribution in [0.15, 0.2) is 23.6 Å². The Labute approximate surface area is 110 Å². The summed E-state index contributed by atoms with van der Waals surface area (Å²) in [6, 6.07) is 4.56. The van der Waals surface area contributed by atoms with Crippen molar-refractivity contribution < 1.29 is 9.13 Å². The molecular formula is C14H16FNOS. The molecule has 0 saturated carbocycles. The van der Waals surface area contributed by atoms with Crippen molar-refractivity contribution in [3.05, 3.63) is 45.7 Å². The van der Waals surface area contributed by atoms with Crippen molar-refractivity contribution >= 4 is 11.3 Å². The Balaban J connectivity index is 1.99. The van der Waals surface area contributed by atoms with Crippen LogP contribution in [-0.4, -0.2) is 4.98 Å². The van der Waals surface area contributed by atoms with Crippen molar-refractivity contribution in [2.45, 2.75) is 33.3 Å². The summed E-state index contributed by atoms with van der Waals surface area (Å²) in [7, 11) is 0. The molecule has 0 aliphatic carbocycles. The number of ether oxygens (including phenoxy) is 1. The fourth-order valence-electron chi connectivity index (χ4n) is 1.63. The van der Waals surface area contributed by atoms with Gasteiger partial charge in [-0.1, -0.05) is 13.0 Å². The van der Waals surface area contributed by atoms with Crippen LogP contribution < -0.4 is 4.74 Å². The summed E-state index contributed by atoms with van der Waals surface area (Å²) in [5, 5.41) is 3.13. The lowest BCUT2D eigenvalue weighted by Gasteiger charge is -2.07. The molecule has 0 saturated heterocycles. The summed E-state index contributed by atoms with van der Waals surface area (Å²) in [4.78, 5) is 4.47. The topological polar surface area (TPSA) is 22.1 Å². The monoisotopic (exact) mass is 265 g/mol. The highest BCUT2D eigenvalue weighted by Crippen LogP contribution is 2.20. The Kier molecular flexibility index (Phi) is 4.31. The first-order valence-corrected chi connectivity index (χ1v) is 6.89. The fourth-order valence-corrected chi connectivity index (χ4v) is 2.51. The molecule has 1 aromatic carbocycles. The summed E-state index contributed by atoms with van der Waals surface area (Å²) >= 11 is 1.65. The van der Waals surface area contributed by atoms with Crippen LogP contribution in [0.2, 0.25) is 0 Å². The Morgan fingerprint density at radius 1 is 1.39 bits per heavy atom. The third kappa shape index (κ3) is 3.29. The predicted molar refractivity (Wildman–Crippen MR) is 71.6 cm³/mol. The minimum Gasteiger partial charge on any atom is -0.487 e. The average Bonchev–Trinajstić information content (AvgIpc) is 2.79. The maximum Gasteiger partial charge on any atom is 0.131 e. The fraction of sp³-hybridized carbons (Fsp3) is 0.357. The number of rotatable bonds is 5.